The van der Waals surface area contributed by atoms with Crippen molar-refractivity contribution in [3.8, 4) is 0 Å². The first kappa shape index (κ1) is 11.8. The number of aromatic nitrogens is 1. The Morgan fingerprint density at radius 3 is 2.76 bits per heavy atom. The fourth-order valence-electron chi connectivity index (χ4n) is 1.25. The van der Waals surface area contributed by atoms with Gasteiger partial charge in [-0.1, -0.05) is 17.4 Å². The number of carbonyl (C=O) groups is 1. The third-order valence-electron chi connectivity index (χ3n) is 2.02. The van der Waals surface area contributed by atoms with E-state index in [4.69, 9.17) is 0 Å². The number of hydrogen-bond acceptors (Lipinski definition) is 3. The van der Waals surface area contributed by atoms with E-state index >= 15 is 0 Å². The number of halogens is 3. The molecule has 90 valence electrons. The molecule has 0 bridgehead atoms. The van der Waals surface area contributed by atoms with Crippen LogP contribution in [-0.4, -0.2) is 17.1 Å². The Morgan fingerprint density at radius 2 is 2.12 bits per heavy atom. The van der Waals surface area contributed by atoms with Crippen molar-refractivity contribution in [3.05, 3.63) is 23.8 Å². The van der Waals surface area contributed by atoms with Crippen molar-refractivity contribution in [2.24, 2.45) is 0 Å². The predicted molar refractivity (Wildman–Crippen MR) is 59.0 cm³/mol. The quantitative estimate of drug-likeness (QED) is 0.856. The molecular weight excluding hydrogens is 253 g/mol. The summed E-state index contributed by atoms with van der Waals surface area (Å²) >= 11 is 1.01. The van der Waals surface area contributed by atoms with Gasteiger partial charge in [-0.05, 0) is 24.6 Å². The molecule has 7 heteroatoms. The van der Waals surface area contributed by atoms with Crippen LogP contribution in [0, 0.1) is 6.92 Å². The third kappa shape index (κ3) is 2.55. The molecule has 1 aromatic carbocycles. The van der Waals surface area contributed by atoms with Crippen molar-refractivity contribution in [2.45, 2.75) is 13.1 Å². The van der Waals surface area contributed by atoms with Crippen LogP contribution in [-0.2, 0) is 4.79 Å². The normalized spacial score (nSPS) is 11.8. The van der Waals surface area contributed by atoms with Gasteiger partial charge in [-0.15, -0.1) is 0 Å². The zero-order valence-electron chi connectivity index (χ0n) is 8.63. The number of alkyl halides is 3. The van der Waals surface area contributed by atoms with Gasteiger partial charge >= 0.3 is 12.1 Å². The molecule has 0 unspecified atom stereocenters. The van der Waals surface area contributed by atoms with Gasteiger partial charge in [-0.25, -0.2) is 4.98 Å². The lowest BCUT2D eigenvalue weighted by Gasteiger charge is -2.03. The highest BCUT2D eigenvalue weighted by atomic mass is 32.1. The number of nitrogens with one attached hydrogen (secondary N) is 1. The first-order valence-corrected chi connectivity index (χ1v) is 5.43. The number of thiazole rings is 1. The third-order valence-corrected chi connectivity index (χ3v) is 2.96. The summed E-state index contributed by atoms with van der Waals surface area (Å²) < 4.78 is 36.8. The Morgan fingerprint density at radius 1 is 1.41 bits per heavy atom. The molecular formula is C10H7F3N2OS. The fraction of sp³-hybridized carbons (Fsp3) is 0.200. The van der Waals surface area contributed by atoms with Crippen molar-refractivity contribution in [1.29, 1.82) is 0 Å². The molecule has 1 aromatic heterocycles. The topological polar surface area (TPSA) is 42.0 Å². The van der Waals surface area contributed by atoms with Crippen LogP contribution in [0.5, 0.6) is 0 Å². The minimum Gasteiger partial charge on any atom is -0.294 e. The fourth-order valence-corrected chi connectivity index (χ4v) is 2.21. The number of fused-ring (bicyclic) bond motifs is 1. The highest BCUT2D eigenvalue weighted by molar-refractivity contribution is 7.22. The van der Waals surface area contributed by atoms with Gasteiger partial charge in [0.15, 0.2) is 5.13 Å². The lowest BCUT2D eigenvalue weighted by Crippen LogP contribution is -2.29. The van der Waals surface area contributed by atoms with E-state index < -0.39 is 12.1 Å². The molecule has 2 rings (SSSR count). The summed E-state index contributed by atoms with van der Waals surface area (Å²) in [4.78, 5) is 14.6. The van der Waals surface area contributed by atoms with Crippen LogP contribution in [0.1, 0.15) is 5.56 Å². The van der Waals surface area contributed by atoms with Crippen LogP contribution < -0.4 is 5.32 Å². The summed E-state index contributed by atoms with van der Waals surface area (Å²) in [5.74, 6) is -2.01. The maximum atomic E-state index is 12.0. The largest absolute Gasteiger partial charge is 0.471 e. The zero-order valence-corrected chi connectivity index (χ0v) is 9.45. The number of aryl methyl sites for hydroxylation is 1. The first-order chi connectivity index (χ1) is 7.86. The van der Waals surface area contributed by atoms with E-state index in [-0.39, 0.29) is 5.13 Å². The average Bonchev–Trinajstić information content (AvgIpc) is 2.57. The SMILES string of the molecule is Cc1ccc2nc(NC(=O)C(F)(F)F)sc2c1. The summed E-state index contributed by atoms with van der Waals surface area (Å²) in [5.41, 5.74) is 1.55. The van der Waals surface area contributed by atoms with Crippen LogP contribution in [0.4, 0.5) is 18.3 Å². The van der Waals surface area contributed by atoms with Gasteiger partial charge in [-0.3, -0.25) is 10.1 Å². The van der Waals surface area contributed by atoms with Crippen molar-refractivity contribution in [2.75, 3.05) is 5.32 Å². The summed E-state index contributed by atoms with van der Waals surface area (Å²) in [6.45, 7) is 1.87. The monoisotopic (exact) mass is 260 g/mol. The van der Waals surface area contributed by atoms with Gasteiger partial charge in [0.1, 0.15) is 0 Å². The Kier molecular flexibility index (Phi) is 2.78. The molecule has 0 aliphatic heterocycles. The van der Waals surface area contributed by atoms with E-state index in [0.29, 0.717) is 5.52 Å². The molecule has 1 amide bonds. The number of benzene rings is 1. The summed E-state index contributed by atoms with van der Waals surface area (Å²) in [5, 5.41) is 1.69. The van der Waals surface area contributed by atoms with Gasteiger partial charge in [0.05, 0.1) is 10.2 Å². The zero-order chi connectivity index (χ0) is 12.6. The van der Waals surface area contributed by atoms with Crippen LogP contribution in [0.15, 0.2) is 18.2 Å². The lowest BCUT2D eigenvalue weighted by molar-refractivity contribution is -0.167. The molecule has 1 heterocycles. The second-order valence-corrected chi connectivity index (χ2v) is 4.47. The summed E-state index contributed by atoms with van der Waals surface area (Å²) in [6, 6.07) is 5.30. The molecule has 0 radical (unpaired) electrons. The van der Waals surface area contributed by atoms with E-state index in [1.165, 1.54) is 0 Å². The lowest BCUT2D eigenvalue weighted by atomic mass is 10.2. The molecule has 0 saturated carbocycles. The summed E-state index contributed by atoms with van der Waals surface area (Å²) in [6.07, 6.45) is -4.90. The molecule has 0 aliphatic carbocycles. The Bertz CT molecular complexity index is 576. The molecule has 0 atom stereocenters. The minimum atomic E-state index is -4.90. The van der Waals surface area contributed by atoms with Crippen molar-refractivity contribution >= 4 is 32.6 Å². The van der Waals surface area contributed by atoms with E-state index in [0.717, 1.165) is 21.6 Å². The predicted octanol–water partition coefficient (Wildman–Crippen LogP) is 3.11. The maximum Gasteiger partial charge on any atom is 0.471 e. The molecule has 2 aromatic rings. The molecule has 0 fully saturated rings. The van der Waals surface area contributed by atoms with Crippen molar-refractivity contribution < 1.29 is 18.0 Å². The van der Waals surface area contributed by atoms with Crippen molar-refractivity contribution in [3.63, 3.8) is 0 Å². The first-order valence-electron chi connectivity index (χ1n) is 4.61. The Labute approximate surface area is 98.3 Å². The van der Waals surface area contributed by atoms with Gasteiger partial charge in [-0.2, -0.15) is 13.2 Å². The molecule has 3 nitrogen and oxygen atoms in total. The van der Waals surface area contributed by atoms with Crippen LogP contribution in [0.25, 0.3) is 10.2 Å². The summed E-state index contributed by atoms with van der Waals surface area (Å²) in [7, 11) is 0. The van der Waals surface area contributed by atoms with Gasteiger partial charge in [0.2, 0.25) is 0 Å². The van der Waals surface area contributed by atoms with Gasteiger partial charge in [0, 0.05) is 0 Å². The average molecular weight is 260 g/mol. The van der Waals surface area contributed by atoms with E-state index in [2.05, 4.69) is 4.98 Å². The van der Waals surface area contributed by atoms with E-state index in [1.807, 2.05) is 6.92 Å². The highest BCUT2D eigenvalue weighted by Crippen LogP contribution is 2.28. The van der Waals surface area contributed by atoms with Crippen molar-refractivity contribution in [1.82, 2.24) is 4.98 Å². The smallest absolute Gasteiger partial charge is 0.294 e. The van der Waals surface area contributed by atoms with E-state index in [1.54, 1.807) is 23.5 Å². The van der Waals surface area contributed by atoms with Crippen LogP contribution >= 0.6 is 11.3 Å². The minimum absolute atomic E-state index is 0.0482. The number of rotatable bonds is 1. The van der Waals surface area contributed by atoms with Crippen LogP contribution in [0.2, 0.25) is 0 Å². The van der Waals surface area contributed by atoms with E-state index in [9.17, 15) is 18.0 Å². The molecule has 0 saturated heterocycles. The molecule has 0 aliphatic rings. The number of anilines is 1. The highest BCUT2D eigenvalue weighted by Gasteiger charge is 2.39. The molecule has 0 spiro atoms. The maximum absolute atomic E-state index is 12.0. The van der Waals surface area contributed by atoms with Crippen LogP contribution in [0.3, 0.4) is 0 Å². The second-order valence-electron chi connectivity index (χ2n) is 3.44. The number of amides is 1. The number of nitrogens with zero attached hydrogens (tertiary/aromatic N) is 1. The second kappa shape index (κ2) is 3.99. The Hall–Kier alpha value is -1.63. The number of hydrogen-bond donors (Lipinski definition) is 1. The number of carbonyl (C=O) groups excluding carboxylic acids is 1. The standard InChI is InChI=1S/C10H7F3N2OS/c1-5-2-3-6-7(4-5)17-9(14-6)15-8(16)10(11,12)13/h2-4H,1H3,(H,14,15,16). The Balaban J connectivity index is 2.29. The molecule has 17 heavy (non-hydrogen) atoms. The molecule has 1 N–H and O–H groups in total. The van der Waals surface area contributed by atoms with Gasteiger partial charge < -0.3 is 0 Å². The van der Waals surface area contributed by atoms with Gasteiger partial charge in [0.25, 0.3) is 0 Å².